The zero-order valence-corrected chi connectivity index (χ0v) is 16.6. The van der Waals surface area contributed by atoms with Crippen LogP contribution in [0.2, 0.25) is 0 Å². The van der Waals surface area contributed by atoms with E-state index in [1.54, 1.807) is 0 Å². The Balaban J connectivity index is 0.000000972. The number of ether oxygens (including phenoxy) is 2. The maximum atomic E-state index is 9.10. The van der Waals surface area contributed by atoms with E-state index in [1.807, 2.05) is 6.08 Å². The minimum absolute atomic E-state index is 0.171. The van der Waals surface area contributed by atoms with Crippen molar-refractivity contribution in [2.75, 3.05) is 32.9 Å². The predicted molar refractivity (Wildman–Crippen MR) is 105 cm³/mol. The molecule has 1 aromatic carbocycles. The zero-order chi connectivity index (χ0) is 20.9. The number of benzene rings is 1. The standard InChI is InChI=1S/C18H29NO2.C2H2O4/c1-6-9-19-10-11-20-12-13-21-17-8-7-16(14-15(17)2)18(3,4)5;3-1(4)2(5)6/h6-8,14,19H,1,9-13H2,2-5H3;(H,3,4)(H,5,6). The first kappa shape index (κ1) is 24.6. The Bertz CT molecular complexity index is 595. The predicted octanol–water partition coefficient (Wildman–Crippen LogP) is 2.62. The average Bonchev–Trinajstić information content (AvgIpc) is 2.58. The van der Waals surface area contributed by atoms with Crippen molar-refractivity contribution in [2.45, 2.75) is 33.1 Å². The van der Waals surface area contributed by atoms with E-state index >= 15 is 0 Å². The minimum atomic E-state index is -1.82. The molecule has 1 aromatic rings. The average molecular weight is 381 g/mol. The Kier molecular flexibility index (Phi) is 11.8. The van der Waals surface area contributed by atoms with Crippen LogP contribution >= 0.6 is 0 Å². The van der Waals surface area contributed by atoms with Gasteiger partial charge >= 0.3 is 11.9 Å². The lowest BCUT2D eigenvalue weighted by molar-refractivity contribution is -0.159. The topological polar surface area (TPSA) is 105 Å². The number of rotatable bonds is 9. The highest BCUT2D eigenvalue weighted by molar-refractivity contribution is 6.27. The maximum Gasteiger partial charge on any atom is 0.414 e. The van der Waals surface area contributed by atoms with E-state index in [0.717, 1.165) is 18.8 Å². The van der Waals surface area contributed by atoms with Crippen molar-refractivity contribution in [3.8, 4) is 5.75 Å². The second-order valence-corrected chi connectivity index (χ2v) is 6.79. The molecule has 0 fully saturated rings. The highest BCUT2D eigenvalue weighted by Crippen LogP contribution is 2.27. The molecule has 0 atom stereocenters. The van der Waals surface area contributed by atoms with E-state index in [4.69, 9.17) is 29.3 Å². The van der Waals surface area contributed by atoms with Gasteiger partial charge in [-0.25, -0.2) is 9.59 Å². The molecule has 1 rings (SSSR count). The smallest absolute Gasteiger partial charge is 0.414 e. The number of carboxylic acids is 2. The van der Waals surface area contributed by atoms with Crippen molar-refractivity contribution in [3.63, 3.8) is 0 Å². The quantitative estimate of drug-likeness (QED) is 0.343. The molecule has 7 heteroatoms. The highest BCUT2D eigenvalue weighted by atomic mass is 16.5. The summed E-state index contributed by atoms with van der Waals surface area (Å²) >= 11 is 0. The summed E-state index contributed by atoms with van der Waals surface area (Å²) < 4.78 is 11.3. The van der Waals surface area contributed by atoms with Crippen LogP contribution in [-0.4, -0.2) is 55.1 Å². The fourth-order valence-electron chi connectivity index (χ4n) is 1.94. The molecule has 0 spiro atoms. The SMILES string of the molecule is C=CCNCCOCCOc1ccc(C(C)(C)C)cc1C.O=C(O)C(=O)O. The van der Waals surface area contributed by atoms with Gasteiger partial charge in [-0.15, -0.1) is 6.58 Å². The summed E-state index contributed by atoms with van der Waals surface area (Å²) in [5.74, 6) is -2.71. The molecular formula is C20H31NO6. The number of hydrogen-bond acceptors (Lipinski definition) is 5. The van der Waals surface area contributed by atoms with Crippen LogP contribution in [0.4, 0.5) is 0 Å². The molecule has 0 heterocycles. The number of nitrogens with one attached hydrogen (secondary N) is 1. The third-order valence-corrected chi connectivity index (χ3v) is 3.42. The molecule has 152 valence electrons. The van der Waals surface area contributed by atoms with Crippen LogP contribution in [0.25, 0.3) is 0 Å². The van der Waals surface area contributed by atoms with Gasteiger partial charge in [-0.1, -0.05) is 39.0 Å². The summed E-state index contributed by atoms with van der Waals surface area (Å²) in [5, 5.41) is 18.0. The van der Waals surface area contributed by atoms with Crippen molar-refractivity contribution in [1.29, 1.82) is 0 Å². The van der Waals surface area contributed by atoms with Crippen molar-refractivity contribution >= 4 is 11.9 Å². The fraction of sp³-hybridized carbons (Fsp3) is 0.500. The molecule has 0 bridgehead atoms. The number of aryl methyl sites for hydroxylation is 1. The van der Waals surface area contributed by atoms with Gasteiger partial charge in [0.05, 0.1) is 13.2 Å². The first-order valence-electron chi connectivity index (χ1n) is 8.69. The second kappa shape index (κ2) is 12.9. The monoisotopic (exact) mass is 381 g/mol. The van der Waals surface area contributed by atoms with Crippen LogP contribution in [0.3, 0.4) is 0 Å². The molecule has 0 unspecified atom stereocenters. The molecule has 0 radical (unpaired) electrons. The van der Waals surface area contributed by atoms with Gasteiger partial charge in [0, 0.05) is 13.1 Å². The van der Waals surface area contributed by atoms with Gasteiger partial charge in [0.1, 0.15) is 12.4 Å². The Morgan fingerprint density at radius 1 is 1.15 bits per heavy atom. The van der Waals surface area contributed by atoms with Gasteiger partial charge in [0.15, 0.2) is 0 Å². The van der Waals surface area contributed by atoms with E-state index in [1.165, 1.54) is 11.1 Å². The summed E-state index contributed by atoms with van der Waals surface area (Å²) in [7, 11) is 0. The van der Waals surface area contributed by atoms with E-state index in [0.29, 0.717) is 19.8 Å². The van der Waals surface area contributed by atoms with Crippen LogP contribution in [0.15, 0.2) is 30.9 Å². The Hall–Kier alpha value is -2.38. The number of carbonyl (C=O) groups is 2. The molecule has 3 N–H and O–H groups in total. The van der Waals surface area contributed by atoms with Gasteiger partial charge in [-0.05, 0) is 29.5 Å². The first-order chi connectivity index (χ1) is 12.6. The van der Waals surface area contributed by atoms with Crippen molar-refractivity contribution in [3.05, 3.63) is 42.0 Å². The summed E-state index contributed by atoms with van der Waals surface area (Å²) in [6, 6.07) is 6.40. The van der Waals surface area contributed by atoms with Crippen LogP contribution in [-0.2, 0) is 19.7 Å². The number of hydrogen-bond donors (Lipinski definition) is 3. The third-order valence-electron chi connectivity index (χ3n) is 3.42. The minimum Gasteiger partial charge on any atom is -0.491 e. The highest BCUT2D eigenvalue weighted by Gasteiger charge is 2.14. The molecule has 0 saturated carbocycles. The van der Waals surface area contributed by atoms with Gasteiger partial charge in [-0.3, -0.25) is 0 Å². The van der Waals surface area contributed by atoms with Crippen LogP contribution in [0.1, 0.15) is 31.9 Å². The first-order valence-corrected chi connectivity index (χ1v) is 8.69. The van der Waals surface area contributed by atoms with Crippen molar-refractivity contribution in [1.82, 2.24) is 5.32 Å². The molecule has 0 amide bonds. The second-order valence-electron chi connectivity index (χ2n) is 6.79. The van der Waals surface area contributed by atoms with Crippen LogP contribution in [0.5, 0.6) is 5.75 Å². The summed E-state index contributed by atoms with van der Waals surface area (Å²) in [6.45, 7) is 15.9. The Morgan fingerprint density at radius 2 is 1.78 bits per heavy atom. The lowest BCUT2D eigenvalue weighted by Gasteiger charge is -2.20. The normalized spacial score (nSPS) is 10.5. The summed E-state index contributed by atoms with van der Waals surface area (Å²) in [4.78, 5) is 18.2. The number of carboxylic acid groups (broad SMARTS) is 2. The molecule has 7 nitrogen and oxygen atoms in total. The maximum absolute atomic E-state index is 9.10. The van der Waals surface area contributed by atoms with Crippen molar-refractivity contribution < 1.29 is 29.3 Å². The molecule has 0 aromatic heterocycles. The molecular weight excluding hydrogens is 350 g/mol. The van der Waals surface area contributed by atoms with E-state index in [9.17, 15) is 0 Å². The molecule has 0 saturated heterocycles. The lowest BCUT2D eigenvalue weighted by Crippen LogP contribution is -2.20. The van der Waals surface area contributed by atoms with Gasteiger partial charge in [-0.2, -0.15) is 0 Å². The molecule has 0 aliphatic rings. The van der Waals surface area contributed by atoms with Gasteiger partial charge in [0.25, 0.3) is 0 Å². The third kappa shape index (κ3) is 11.8. The van der Waals surface area contributed by atoms with Crippen molar-refractivity contribution in [2.24, 2.45) is 0 Å². The van der Waals surface area contributed by atoms with E-state index < -0.39 is 11.9 Å². The van der Waals surface area contributed by atoms with Gasteiger partial charge < -0.3 is 25.0 Å². The Morgan fingerprint density at radius 3 is 2.26 bits per heavy atom. The number of aliphatic carboxylic acids is 2. The van der Waals surface area contributed by atoms with Crippen LogP contribution in [0, 0.1) is 6.92 Å². The van der Waals surface area contributed by atoms with E-state index in [2.05, 4.69) is 57.8 Å². The van der Waals surface area contributed by atoms with Gasteiger partial charge in [0.2, 0.25) is 0 Å². The molecule has 27 heavy (non-hydrogen) atoms. The lowest BCUT2D eigenvalue weighted by atomic mass is 9.86. The van der Waals surface area contributed by atoms with Crippen LogP contribution < -0.4 is 10.1 Å². The largest absolute Gasteiger partial charge is 0.491 e. The molecule has 0 aliphatic heterocycles. The summed E-state index contributed by atoms with van der Waals surface area (Å²) in [6.07, 6.45) is 1.84. The summed E-state index contributed by atoms with van der Waals surface area (Å²) in [5.41, 5.74) is 2.68. The fourth-order valence-corrected chi connectivity index (χ4v) is 1.94. The Labute approximate surface area is 161 Å². The van der Waals surface area contributed by atoms with E-state index in [-0.39, 0.29) is 5.41 Å². The molecule has 0 aliphatic carbocycles. The zero-order valence-electron chi connectivity index (χ0n) is 16.6.